The van der Waals surface area contributed by atoms with E-state index >= 15 is 0 Å². The lowest BCUT2D eigenvalue weighted by atomic mass is 9.88. The monoisotopic (exact) mass is 274 g/mol. The van der Waals surface area contributed by atoms with Crippen molar-refractivity contribution in [2.45, 2.75) is 46.1 Å². The van der Waals surface area contributed by atoms with Gasteiger partial charge in [-0.1, -0.05) is 42.7 Å². The van der Waals surface area contributed by atoms with Gasteiger partial charge in [-0.3, -0.25) is 4.90 Å². The van der Waals surface area contributed by atoms with Crippen molar-refractivity contribution in [3.05, 3.63) is 34.9 Å². The zero-order chi connectivity index (χ0) is 14.5. The van der Waals surface area contributed by atoms with E-state index in [1.54, 1.807) is 0 Å². The molecule has 0 aliphatic carbocycles. The molecule has 0 saturated carbocycles. The Labute approximate surface area is 124 Å². The van der Waals surface area contributed by atoms with Gasteiger partial charge in [-0.15, -0.1) is 0 Å². The molecule has 1 saturated heterocycles. The smallest absolute Gasteiger partial charge is 0.0385 e. The van der Waals surface area contributed by atoms with Crippen molar-refractivity contribution >= 4 is 0 Å². The maximum absolute atomic E-state index is 3.57. The van der Waals surface area contributed by atoms with Crippen molar-refractivity contribution in [2.24, 2.45) is 5.92 Å². The van der Waals surface area contributed by atoms with Gasteiger partial charge in [0.05, 0.1) is 0 Å². The third-order valence-corrected chi connectivity index (χ3v) is 4.50. The topological polar surface area (TPSA) is 15.3 Å². The number of nitrogens with one attached hydrogen (secondary N) is 1. The summed E-state index contributed by atoms with van der Waals surface area (Å²) in [7, 11) is 2.30. The number of benzene rings is 1. The summed E-state index contributed by atoms with van der Waals surface area (Å²) in [6.45, 7) is 10.1. The Bertz CT molecular complexity index is 407. The zero-order valence-corrected chi connectivity index (χ0v) is 13.6. The largest absolute Gasteiger partial charge is 0.317 e. The first-order valence-corrected chi connectivity index (χ1v) is 8.11. The molecule has 1 heterocycles. The summed E-state index contributed by atoms with van der Waals surface area (Å²) in [5.41, 5.74) is 4.29. The van der Waals surface area contributed by atoms with Crippen LogP contribution in [0.1, 0.15) is 48.9 Å². The van der Waals surface area contributed by atoms with Gasteiger partial charge in [-0.2, -0.15) is 0 Å². The van der Waals surface area contributed by atoms with Crippen molar-refractivity contribution in [3.8, 4) is 0 Å². The number of likely N-dealkylation sites (tertiary alicyclic amines) is 1. The Morgan fingerprint density at radius 2 is 1.85 bits per heavy atom. The fraction of sp³-hybridized carbons (Fsp3) is 0.667. The van der Waals surface area contributed by atoms with Crippen LogP contribution in [0.3, 0.4) is 0 Å². The van der Waals surface area contributed by atoms with Gasteiger partial charge in [-0.05, 0) is 64.9 Å². The van der Waals surface area contributed by atoms with Crippen LogP contribution in [0.4, 0.5) is 0 Å². The van der Waals surface area contributed by atoms with E-state index in [1.807, 2.05) is 0 Å². The number of hydrogen-bond donors (Lipinski definition) is 1. The Morgan fingerprint density at radius 1 is 1.15 bits per heavy atom. The van der Waals surface area contributed by atoms with Crippen molar-refractivity contribution < 1.29 is 0 Å². The molecule has 1 fully saturated rings. The molecule has 0 aromatic heterocycles. The van der Waals surface area contributed by atoms with Crippen LogP contribution in [0.5, 0.6) is 0 Å². The van der Waals surface area contributed by atoms with E-state index in [-0.39, 0.29) is 0 Å². The van der Waals surface area contributed by atoms with Crippen LogP contribution in [0.2, 0.25) is 0 Å². The maximum atomic E-state index is 3.57. The molecular weight excluding hydrogens is 244 g/mol. The summed E-state index contributed by atoms with van der Waals surface area (Å²) < 4.78 is 0. The van der Waals surface area contributed by atoms with Crippen LogP contribution >= 0.6 is 0 Å². The summed E-state index contributed by atoms with van der Waals surface area (Å²) in [4.78, 5) is 2.57. The average molecular weight is 274 g/mol. The summed E-state index contributed by atoms with van der Waals surface area (Å²) >= 11 is 0. The molecule has 1 aromatic rings. The molecule has 0 bridgehead atoms. The van der Waals surface area contributed by atoms with E-state index in [0.717, 1.165) is 19.0 Å². The molecule has 20 heavy (non-hydrogen) atoms. The molecule has 1 aromatic carbocycles. The van der Waals surface area contributed by atoms with E-state index in [1.165, 1.54) is 42.5 Å². The lowest BCUT2D eigenvalue weighted by molar-refractivity contribution is 0.189. The van der Waals surface area contributed by atoms with Gasteiger partial charge in [0.25, 0.3) is 0 Å². The molecule has 2 nitrogen and oxygen atoms in total. The van der Waals surface area contributed by atoms with Crippen LogP contribution in [0.15, 0.2) is 18.2 Å². The first-order chi connectivity index (χ1) is 9.61. The molecule has 1 N–H and O–H groups in total. The highest BCUT2D eigenvalue weighted by atomic mass is 15.1. The highest BCUT2D eigenvalue weighted by Crippen LogP contribution is 2.34. The lowest BCUT2D eigenvalue weighted by Gasteiger charge is -2.33. The zero-order valence-electron chi connectivity index (χ0n) is 13.6. The molecule has 0 radical (unpaired) electrons. The predicted molar refractivity (Wildman–Crippen MR) is 87.2 cm³/mol. The molecule has 112 valence electrons. The lowest BCUT2D eigenvalue weighted by Crippen LogP contribution is -2.35. The highest BCUT2D eigenvalue weighted by Gasteiger charge is 2.28. The Balaban J connectivity index is 2.29. The first-order valence-electron chi connectivity index (χ1n) is 8.11. The highest BCUT2D eigenvalue weighted by molar-refractivity contribution is 5.31. The maximum Gasteiger partial charge on any atom is 0.0385 e. The second-order valence-electron chi connectivity index (χ2n) is 6.41. The minimum absolute atomic E-state index is 0.565. The first kappa shape index (κ1) is 15.5. The van der Waals surface area contributed by atoms with Crippen LogP contribution in [0, 0.1) is 19.8 Å². The fourth-order valence-corrected chi connectivity index (χ4v) is 3.68. The standard InChI is InChI=1S/C18H30N2/c1-5-19-13-16-8-6-7-9-20(4)18(16)17-11-14(2)10-15(3)12-17/h10-12,16,18-19H,5-9,13H2,1-4H3. The van der Waals surface area contributed by atoms with E-state index in [4.69, 9.17) is 0 Å². The van der Waals surface area contributed by atoms with Gasteiger partial charge in [0.2, 0.25) is 0 Å². The molecule has 2 atom stereocenters. The average Bonchev–Trinajstić information content (AvgIpc) is 2.56. The van der Waals surface area contributed by atoms with Crippen molar-refractivity contribution in [3.63, 3.8) is 0 Å². The van der Waals surface area contributed by atoms with Crippen LogP contribution in [0.25, 0.3) is 0 Å². The van der Waals surface area contributed by atoms with Crippen LogP contribution in [-0.2, 0) is 0 Å². The second kappa shape index (κ2) is 7.24. The second-order valence-corrected chi connectivity index (χ2v) is 6.41. The normalized spacial score (nSPS) is 24.6. The minimum atomic E-state index is 0.565. The van der Waals surface area contributed by atoms with Crippen molar-refractivity contribution in [1.29, 1.82) is 0 Å². The summed E-state index contributed by atoms with van der Waals surface area (Å²) in [5.74, 6) is 0.726. The van der Waals surface area contributed by atoms with E-state index < -0.39 is 0 Å². The van der Waals surface area contributed by atoms with E-state index in [0.29, 0.717) is 6.04 Å². The molecule has 2 heteroatoms. The van der Waals surface area contributed by atoms with Gasteiger partial charge in [0.15, 0.2) is 0 Å². The van der Waals surface area contributed by atoms with Gasteiger partial charge >= 0.3 is 0 Å². The Hall–Kier alpha value is -0.860. The Kier molecular flexibility index (Phi) is 5.62. The summed E-state index contributed by atoms with van der Waals surface area (Å²) in [6.07, 6.45) is 4.04. The molecule has 1 aliphatic rings. The number of nitrogens with zero attached hydrogens (tertiary/aromatic N) is 1. The molecule has 2 rings (SSSR count). The number of rotatable bonds is 4. The van der Waals surface area contributed by atoms with E-state index in [2.05, 4.69) is 56.2 Å². The summed E-state index contributed by atoms with van der Waals surface area (Å²) in [5, 5.41) is 3.57. The SMILES string of the molecule is CCNCC1CCCCN(C)C1c1cc(C)cc(C)c1. The molecule has 0 spiro atoms. The Morgan fingerprint density at radius 3 is 2.50 bits per heavy atom. The van der Waals surface area contributed by atoms with Gasteiger partial charge in [0.1, 0.15) is 0 Å². The van der Waals surface area contributed by atoms with Gasteiger partial charge in [-0.25, -0.2) is 0 Å². The van der Waals surface area contributed by atoms with Gasteiger partial charge in [0, 0.05) is 6.04 Å². The predicted octanol–water partition coefficient (Wildman–Crippen LogP) is 3.69. The number of hydrogen-bond acceptors (Lipinski definition) is 2. The van der Waals surface area contributed by atoms with Crippen LogP contribution in [-0.4, -0.2) is 31.6 Å². The third kappa shape index (κ3) is 3.83. The minimum Gasteiger partial charge on any atom is -0.317 e. The molecular formula is C18H30N2. The van der Waals surface area contributed by atoms with Crippen molar-refractivity contribution in [2.75, 3.05) is 26.7 Å². The molecule has 0 amide bonds. The quantitative estimate of drug-likeness (QED) is 0.901. The fourth-order valence-electron chi connectivity index (χ4n) is 3.68. The number of aryl methyl sites for hydroxylation is 2. The van der Waals surface area contributed by atoms with Crippen LogP contribution < -0.4 is 5.32 Å². The van der Waals surface area contributed by atoms with Gasteiger partial charge < -0.3 is 5.32 Å². The molecule has 2 unspecified atom stereocenters. The van der Waals surface area contributed by atoms with E-state index in [9.17, 15) is 0 Å². The third-order valence-electron chi connectivity index (χ3n) is 4.50. The van der Waals surface area contributed by atoms with Crippen molar-refractivity contribution in [1.82, 2.24) is 10.2 Å². The summed E-state index contributed by atoms with van der Waals surface area (Å²) in [6, 6.07) is 7.62. The molecule has 1 aliphatic heterocycles.